The summed E-state index contributed by atoms with van der Waals surface area (Å²) in [6.07, 6.45) is 6.05. The summed E-state index contributed by atoms with van der Waals surface area (Å²) in [6.45, 7) is 0.714. The monoisotopic (exact) mass is 279 g/mol. The van der Waals surface area contributed by atoms with Gasteiger partial charge < -0.3 is 20.8 Å². The van der Waals surface area contributed by atoms with E-state index < -0.39 is 5.54 Å². The van der Waals surface area contributed by atoms with Crippen molar-refractivity contribution in [2.24, 2.45) is 5.73 Å². The van der Waals surface area contributed by atoms with Crippen LogP contribution in [-0.2, 0) is 4.79 Å². The van der Waals surface area contributed by atoms with E-state index >= 15 is 0 Å². The van der Waals surface area contributed by atoms with Gasteiger partial charge in [0.05, 0.1) is 11.8 Å². The number of carbonyl (C=O) groups excluding carboxylic acids is 2. The molecule has 110 valence electrons. The Morgan fingerprint density at radius 1 is 1.20 bits per heavy atom. The second kappa shape index (κ2) is 6.56. The summed E-state index contributed by atoms with van der Waals surface area (Å²) in [5.74, 6) is -0.146. The van der Waals surface area contributed by atoms with Crippen LogP contribution in [0.15, 0.2) is 22.8 Å². The van der Waals surface area contributed by atoms with Crippen LogP contribution in [0.5, 0.6) is 0 Å². The molecule has 1 heterocycles. The van der Waals surface area contributed by atoms with Crippen molar-refractivity contribution in [3.8, 4) is 0 Å². The Morgan fingerprint density at radius 3 is 2.55 bits per heavy atom. The summed E-state index contributed by atoms with van der Waals surface area (Å²) in [7, 11) is 0. The molecule has 6 heteroatoms. The van der Waals surface area contributed by atoms with Crippen LogP contribution in [0.2, 0.25) is 0 Å². The van der Waals surface area contributed by atoms with Gasteiger partial charge >= 0.3 is 0 Å². The Labute approximate surface area is 118 Å². The van der Waals surface area contributed by atoms with E-state index in [1.165, 1.54) is 6.26 Å². The number of nitrogens with one attached hydrogen (secondary N) is 2. The van der Waals surface area contributed by atoms with E-state index in [0.717, 1.165) is 32.1 Å². The number of hydrogen-bond donors (Lipinski definition) is 3. The number of furan rings is 1. The molecule has 2 amide bonds. The highest BCUT2D eigenvalue weighted by atomic mass is 16.3. The highest BCUT2D eigenvalue weighted by Crippen LogP contribution is 2.25. The minimum Gasteiger partial charge on any atom is -0.459 e. The van der Waals surface area contributed by atoms with E-state index in [2.05, 4.69) is 10.6 Å². The standard InChI is InChI=1S/C14H21N3O3/c15-14(6-2-1-3-7-14)13(19)17-9-8-16-12(18)11-5-4-10-20-11/h4-5,10H,1-3,6-9,15H2,(H,16,18)(H,17,19). The number of hydrogen-bond acceptors (Lipinski definition) is 4. The summed E-state index contributed by atoms with van der Waals surface area (Å²) in [5.41, 5.74) is 5.37. The number of amides is 2. The fraction of sp³-hybridized carbons (Fsp3) is 0.571. The van der Waals surface area contributed by atoms with E-state index in [0.29, 0.717) is 13.1 Å². The van der Waals surface area contributed by atoms with Crippen molar-refractivity contribution in [2.75, 3.05) is 13.1 Å². The van der Waals surface area contributed by atoms with Crippen molar-refractivity contribution in [1.82, 2.24) is 10.6 Å². The smallest absolute Gasteiger partial charge is 0.287 e. The summed E-state index contributed by atoms with van der Waals surface area (Å²) >= 11 is 0. The first-order chi connectivity index (χ1) is 9.62. The molecule has 2 rings (SSSR count). The molecular formula is C14H21N3O3. The van der Waals surface area contributed by atoms with E-state index in [9.17, 15) is 9.59 Å². The van der Waals surface area contributed by atoms with E-state index in [1.54, 1.807) is 12.1 Å². The van der Waals surface area contributed by atoms with Gasteiger partial charge in [-0.3, -0.25) is 9.59 Å². The van der Waals surface area contributed by atoms with Crippen LogP contribution in [-0.4, -0.2) is 30.4 Å². The molecule has 0 saturated heterocycles. The lowest BCUT2D eigenvalue weighted by atomic mass is 9.82. The van der Waals surface area contributed by atoms with Crippen LogP contribution in [0.25, 0.3) is 0 Å². The Morgan fingerprint density at radius 2 is 1.90 bits per heavy atom. The van der Waals surface area contributed by atoms with Gasteiger partial charge in [-0.05, 0) is 25.0 Å². The molecule has 20 heavy (non-hydrogen) atoms. The molecule has 4 N–H and O–H groups in total. The highest BCUT2D eigenvalue weighted by molar-refractivity contribution is 5.91. The third-order valence-corrected chi connectivity index (χ3v) is 3.64. The Hall–Kier alpha value is -1.82. The SMILES string of the molecule is NC1(C(=O)NCCNC(=O)c2ccco2)CCCCC1. The summed E-state index contributed by atoms with van der Waals surface area (Å²) in [5, 5.41) is 5.45. The van der Waals surface area contributed by atoms with Crippen LogP contribution in [0, 0.1) is 0 Å². The van der Waals surface area contributed by atoms with Gasteiger partial charge in [-0.25, -0.2) is 0 Å². The van der Waals surface area contributed by atoms with Gasteiger partial charge in [0.15, 0.2) is 5.76 Å². The number of carbonyl (C=O) groups is 2. The van der Waals surface area contributed by atoms with Crippen molar-refractivity contribution in [3.05, 3.63) is 24.2 Å². The zero-order valence-electron chi connectivity index (χ0n) is 11.5. The average molecular weight is 279 g/mol. The molecule has 1 aromatic rings. The third-order valence-electron chi connectivity index (χ3n) is 3.64. The predicted molar refractivity (Wildman–Crippen MR) is 74.1 cm³/mol. The summed E-state index contributed by atoms with van der Waals surface area (Å²) < 4.78 is 4.97. The molecule has 6 nitrogen and oxygen atoms in total. The van der Waals surface area contributed by atoms with Gasteiger partial charge in [0.25, 0.3) is 5.91 Å². The normalized spacial score (nSPS) is 17.4. The first kappa shape index (κ1) is 14.6. The Balaban J connectivity index is 1.68. The van der Waals surface area contributed by atoms with Gasteiger partial charge in [0, 0.05) is 13.1 Å². The molecule has 0 aromatic carbocycles. The Bertz CT molecular complexity index is 450. The van der Waals surface area contributed by atoms with E-state index in [-0.39, 0.29) is 17.6 Å². The molecule has 0 atom stereocenters. The highest BCUT2D eigenvalue weighted by Gasteiger charge is 2.34. The van der Waals surface area contributed by atoms with Crippen molar-refractivity contribution in [2.45, 2.75) is 37.6 Å². The molecule has 1 fully saturated rings. The van der Waals surface area contributed by atoms with Crippen LogP contribution >= 0.6 is 0 Å². The summed E-state index contributed by atoms with van der Waals surface area (Å²) in [4.78, 5) is 23.6. The van der Waals surface area contributed by atoms with E-state index in [4.69, 9.17) is 10.2 Å². The van der Waals surface area contributed by atoms with Gasteiger partial charge in [-0.15, -0.1) is 0 Å². The quantitative estimate of drug-likeness (QED) is 0.694. The zero-order chi connectivity index (χ0) is 14.4. The minimum absolute atomic E-state index is 0.121. The lowest BCUT2D eigenvalue weighted by molar-refractivity contribution is -0.127. The fourth-order valence-corrected chi connectivity index (χ4v) is 2.43. The zero-order valence-corrected chi connectivity index (χ0v) is 11.5. The molecule has 0 spiro atoms. The van der Waals surface area contributed by atoms with E-state index in [1.807, 2.05) is 0 Å². The molecule has 0 bridgehead atoms. The average Bonchev–Trinajstić information content (AvgIpc) is 2.98. The first-order valence-electron chi connectivity index (χ1n) is 7.01. The largest absolute Gasteiger partial charge is 0.459 e. The lowest BCUT2D eigenvalue weighted by Crippen LogP contribution is -2.55. The molecular weight excluding hydrogens is 258 g/mol. The van der Waals surface area contributed by atoms with Crippen LogP contribution in [0.3, 0.4) is 0 Å². The molecule has 0 aliphatic heterocycles. The molecule has 1 aromatic heterocycles. The number of nitrogens with two attached hydrogens (primary N) is 1. The van der Waals surface area contributed by atoms with Crippen molar-refractivity contribution in [1.29, 1.82) is 0 Å². The third kappa shape index (κ3) is 3.60. The lowest BCUT2D eigenvalue weighted by Gasteiger charge is -2.31. The van der Waals surface area contributed by atoms with Gasteiger partial charge in [-0.1, -0.05) is 19.3 Å². The molecule has 1 aliphatic carbocycles. The maximum absolute atomic E-state index is 12.0. The van der Waals surface area contributed by atoms with Crippen LogP contribution < -0.4 is 16.4 Å². The molecule has 1 aliphatic rings. The maximum Gasteiger partial charge on any atom is 0.287 e. The molecule has 1 saturated carbocycles. The van der Waals surface area contributed by atoms with Gasteiger partial charge in [0.2, 0.25) is 5.91 Å². The maximum atomic E-state index is 12.0. The van der Waals surface area contributed by atoms with Crippen molar-refractivity contribution >= 4 is 11.8 Å². The van der Waals surface area contributed by atoms with Gasteiger partial charge in [-0.2, -0.15) is 0 Å². The van der Waals surface area contributed by atoms with Crippen molar-refractivity contribution < 1.29 is 14.0 Å². The van der Waals surface area contributed by atoms with Crippen LogP contribution in [0.4, 0.5) is 0 Å². The number of rotatable bonds is 5. The van der Waals surface area contributed by atoms with Crippen molar-refractivity contribution in [3.63, 3.8) is 0 Å². The molecule has 0 radical (unpaired) electrons. The fourth-order valence-electron chi connectivity index (χ4n) is 2.43. The first-order valence-corrected chi connectivity index (χ1v) is 7.01. The van der Waals surface area contributed by atoms with Crippen LogP contribution in [0.1, 0.15) is 42.7 Å². The second-order valence-electron chi connectivity index (χ2n) is 5.21. The second-order valence-corrected chi connectivity index (χ2v) is 5.21. The minimum atomic E-state index is -0.733. The Kier molecular flexibility index (Phi) is 4.79. The topological polar surface area (TPSA) is 97.4 Å². The predicted octanol–water partition coefficient (Wildman–Crippen LogP) is 0.787. The summed E-state index contributed by atoms with van der Waals surface area (Å²) in [6, 6.07) is 3.24. The van der Waals surface area contributed by atoms with Gasteiger partial charge in [0.1, 0.15) is 0 Å². The molecule has 0 unspecified atom stereocenters.